The number of methoxy groups -OCH3 is 1. The zero-order valence-electron chi connectivity index (χ0n) is 17.9. The summed E-state index contributed by atoms with van der Waals surface area (Å²) in [5.74, 6) is -1.80. The molecule has 0 radical (unpaired) electrons. The molecule has 0 aliphatic heterocycles. The lowest BCUT2D eigenvalue weighted by Crippen LogP contribution is -2.28. The first-order chi connectivity index (χ1) is 16.2. The molecular weight excluding hydrogens is 459 g/mol. The van der Waals surface area contributed by atoms with E-state index in [1.54, 1.807) is 24.3 Å². The van der Waals surface area contributed by atoms with Crippen molar-refractivity contribution in [1.82, 2.24) is 9.55 Å². The van der Waals surface area contributed by atoms with Gasteiger partial charge < -0.3 is 19.5 Å². The number of hydrogen-bond donors (Lipinski definition) is 1. The standard InChI is InChI=1S/C22H20F3N3O6/c1-32-8-9-33-18-7-6-14(22(23,24)25)10-16(18)27-19(29)13-34-21(31)12-28-17-5-3-2-4-15(17)26-11-20(28)30/h2-7,10-11H,8-9,12-13H2,1H3,(H,27,29). The number of fused-ring (bicyclic) bond motifs is 1. The van der Waals surface area contributed by atoms with Crippen molar-refractivity contribution in [3.63, 3.8) is 0 Å². The van der Waals surface area contributed by atoms with Crippen LogP contribution in [-0.2, 0) is 31.8 Å². The monoisotopic (exact) mass is 479 g/mol. The molecule has 0 unspecified atom stereocenters. The molecule has 2 aromatic carbocycles. The van der Waals surface area contributed by atoms with Crippen molar-refractivity contribution in [1.29, 1.82) is 0 Å². The van der Waals surface area contributed by atoms with E-state index in [0.29, 0.717) is 17.1 Å². The van der Waals surface area contributed by atoms with Crippen molar-refractivity contribution in [3.8, 4) is 5.75 Å². The molecule has 1 N–H and O–H groups in total. The first kappa shape index (κ1) is 24.7. The van der Waals surface area contributed by atoms with E-state index in [0.717, 1.165) is 22.9 Å². The second-order valence-corrected chi connectivity index (χ2v) is 6.93. The first-order valence-corrected chi connectivity index (χ1v) is 9.92. The van der Waals surface area contributed by atoms with Gasteiger partial charge in [0, 0.05) is 7.11 Å². The number of ether oxygens (including phenoxy) is 3. The summed E-state index contributed by atoms with van der Waals surface area (Å²) in [6, 6.07) is 9.24. The lowest BCUT2D eigenvalue weighted by atomic mass is 10.1. The molecule has 180 valence electrons. The van der Waals surface area contributed by atoms with E-state index >= 15 is 0 Å². The number of nitrogens with one attached hydrogen (secondary N) is 1. The van der Waals surface area contributed by atoms with Gasteiger partial charge in [-0.2, -0.15) is 13.2 Å². The molecule has 1 amide bonds. The largest absolute Gasteiger partial charge is 0.489 e. The van der Waals surface area contributed by atoms with Gasteiger partial charge in [0.2, 0.25) is 0 Å². The van der Waals surface area contributed by atoms with Crippen LogP contribution in [0.15, 0.2) is 53.5 Å². The maximum Gasteiger partial charge on any atom is 0.416 e. The van der Waals surface area contributed by atoms with Gasteiger partial charge in [-0.1, -0.05) is 12.1 Å². The van der Waals surface area contributed by atoms with Crippen LogP contribution in [0.25, 0.3) is 11.0 Å². The number of aromatic nitrogens is 2. The molecule has 0 aliphatic carbocycles. The molecule has 0 spiro atoms. The third-order valence-corrected chi connectivity index (χ3v) is 4.53. The molecule has 0 saturated heterocycles. The normalized spacial score (nSPS) is 11.3. The molecule has 9 nitrogen and oxygen atoms in total. The zero-order chi connectivity index (χ0) is 24.7. The summed E-state index contributed by atoms with van der Waals surface area (Å²) in [4.78, 5) is 40.6. The molecule has 1 aromatic heterocycles. The Balaban J connectivity index is 1.67. The molecule has 0 saturated carbocycles. The van der Waals surface area contributed by atoms with Gasteiger partial charge >= 0.3 is 12.1 Å². The number of benzene rings is 2. The topological polar surface area (TPSA) is 109 Å². The Hall–Kier alpha value is -3.93. The second kappa shape index (κ2) is 10.8. The number of anilines is 1. The third kappa shape index (κ3) is 6.32. The number of carbonyl (C=O) groups excluding carboxylic acids is 2. The van der Waals surface area contributed by atoms with Crippen molar-refractivity contribution in [3.05, 3.63) is 64.6 Å². The smallest absolute Gasteiger partial charge is 0.416 e. The summed E-state index contributed by atoms with van der Waals surface area (Å²) < 4.78 is 55.4. The highest BCUT2D eigenvalue weighted by molar-refractivity contribution is 5.94. The van der Waals surface area contributed by atoms with E-state index in [1.165, 1.54) is 7.11 Å². The van der Waals surface area contributed by atoms with Gasteiger partial charge in [0.1, 0.15) is 18.9 Å². The van der Waals surface area contributed by atoms with Gasteiger partial charge in [-0.3, -0.25) is 19.0 Å². The van der Waals surface area contributed by atoms with Crippen molar-refractivity contribution < 1.29 is 37.0 Å². The van der Waals surface area contributed by atoms with Crippen molar-refractivity contribution >= 4 is 28.6 Å². The maximum absolute atomic E-state index is 13.1. The van der Waals surface area contributed by atoms with Gasteiger partial charge in [-0.25, -0.2) is 4.98 Å². The van der Waals surface area contributed by atoms with Gasteiger partial charge in [-0.05, 0) is 30.3 Å². The van der Waals surface area contributed by atoms with Crippen LogP contribution in [-0.4, -0.2) is 48.4 Å². The summed E-state index contributed by atoms with van der Waals surface area (Å²) in [5, 5.41) is 2.25. The number of halogens is 3. The Morgan fingerprint density at radius 1 is 1.12 bits per heavy atom. The Morgan fingerprint density at radius 3 is 2.62 bits per heavy atom. The average Bonchev–Trinajstić information content (AvgIpc) is 2.80. The predicted molar refractivity (Wildman–Crippen MR) is 114 cm³/mol. The van der Waals surface area contributed by atoms with Crippen LogP contribution in [0, 0.1) is 0 Å². The molecule has 3 rings (SSSR count). The van der Waals surface area contributed by atoms with Crippen LogP contribution < -0.4 is 15.6 Å². The van der Waals surface area contributed by atoms with E-state index in [-0.39, 0.29) is 24.7 Å². The summed E-state index contributed by atoms with van der Waals surface area (Å²) >= 11 is 0. The second-order valence-electron chi connectivity index (χ2n) is 6.93. The Labute approximate surface area is 191 Å². The number of hydrogen-bond acceptors (Lipinski definition) is 7. The SMILES string of the molecule is COCCOc1ccc(C(F)(F)F)cc1NC(=O)COC(=O)Cn1c(=O)cnc2ccccc21. The summed E-state index contributed by atoms with van der Waals surface area (Å²) in [5.41, 5.74) is -0.899. The molecular formula is C22H20F3N3O6. The lowest BCUT2D eigenvalue weighted by molar-refractivity contribution is -0.147. The van der Waals surface area contributed by atoms with Crippen molar-refractivity contribution in [2.75, 3.05) is 32.2 Å². The first-order valence-electron chi connectivity index (χ1n) is 9.92. The van der Waals surface area contributed by atoms with E-state index < -0.39 is 42.3 Å². The molecule has 1 heterocycles. The fraction of sp³-hybridized carbons (Fsp3) is 0.273. The summed E-state index contributed by atoms with van der Waals surface area (Å²) in [7, 11) is 1.43. The van der Waals surface area contributed by atoms with Gasteiger partial charge in [0.05, 0.1) is 35.1 Å². The molecule has 12 heteroatoms. The lowest BCUT2D eigenvalue weighted by Gasteiger charge is -2.15. The molecule has 0 fully saturated rings. The number of nitrogens with zero attached hydrogens (tertiary/aromatic N) is 2. The molecule has 0 atom stereocenters. The Bertz CT molecular complexity index is 1240. The fourth-order valence-corrected chi connectivity index (χ4v) is 2.95. The minimum atomic E-state index is -4.64. The van der Waals surface area contributed by atoms with Crippen molar-refractivity contribution in [2.24, 2.45) is 0 Å². The number of esters is 1. The number of alkyl halides is 3. The van der Waals surface area contributed by atoms with Crippen LogP contribution in [0.4, 0.5) is 18.9 Å². The maximum atomic E-state index is 13.1. The number of carbonyl (C=O) groups is 2. The van der Waals surface area contributed by atoms with E-state index in [1.807, 2.05) is 0 Å². The third-order valence-electron chi connectivity index (χ3n) is 4.53. The van der Waals surface area contributed by atoms with Gasteiger partial charge in [0.15, 0.2) is 6.61 Å². The van der Waals surface area contributed by atoms with Crippen LogP contribution >= 0.6 is 0 Å². The highest BCUT2D eigenvalue weighted by Crippen LogP contribution is 2.35. The van der Waals surface area contributed by atoms with E-state index in [2.05, 4.69) is 10.3 Å². The highest BCUT2D eigenvalue weighted by atomic mass is 19.4. The molecule has 3 aromatic rings. The average molecular weight is 479 g/mol. The minimum Gasteiger partial charge on any atom is -0.489 e. The van der Waals surface area contributed by atoms with Crippen LogP contribution in [0.2, 0.25) is 0 Å². The summed E-state index contributed by atoms with van der Waals surface area (Å²) in [6.45, 7) is -1.06. The summed E-state index contributed by atoms with van der Waals surface area (Å²) in [6.07, 6.45) is -3.58. The van der Waals surface area contributed by atoms with Crippen molar-refractivity contribution in [2.45, 2.75) is 12.7 Å². The Morgan fingerprint density at radius 2 is 1.88 bits per heavy atom. The number of rotatable bonds is 9. The number of para-hydroxylation sites is 2. The van der Waals surface area contributed by atoms with Crippen LogP contribution in [0.1, 0.15) is 5.56 Å². The Kier molecular flexibility index (Phi) is 7.84. The zero-order valence-corrected chi connectivity index (χ0v) is 17.9. The van der Waals surface area contributed by atoms with Gasteiger partial charge in [-0.15, -0.1) is 0 Å². The van der Waals surface area contributed by atoms with Crippen LogP contribution in [0.5, 0.6) is 5.75 Å². The molecule has 0 bridgehead atoms. The van der Waals surface area contributed by atoms with Gasteiger partial charge in [0.25, 0.3) is 11.5 Å². The van der Waals surface area contributed by atoms with E-state index in [9.17, 15) is 27.6 Å². The van der Waals surface area contributed by atoms with Crippen LogP contribution in [0.3, 0.4) is 0 Å². The fourth-order valence-electron chi connectivity index (χ4n) is 2.95. The molecule has 0 aliphatic rings. The predicted octanol–water partition coefficient (Wildman–Crippen LogP) is 2.62. The minimum absolute atomic E-state index is 0.0143. The highest BCUT2D eigenvalue weighted by Gasteiger charge is 2.31. The quantitative estimate of drug-likeness (QED) is 0.371. The molecule has 34 heavy (non-hydrogen) atoms. The van der Waals surface area contributed by atoms with E-state index in [4.69, 9.17) is 14.2 Å². The number of amides is 1.